The van der Waals surface area contributed by atoms with Crippen molar-refractivity contribution in [2.45, 2.75) is 30.8 Å². The molecule has 0 saturated heterocycles. The van der Waals surface area contributed by atoms with E-state index in [0.29, 0.717) is 0 Å². The lowest BCUT2D eigenvalue weighted by Gasteiger charge is -2.20. The molecular formula is C15H22N4O2S. The van der Waals surface area contributed by atoms with Crippen molar-refractivity contribution in [3.05, 3.63) is 47.8 Å². The Kier molecular flexibility index (Phi) is 5.00. The van der Waals surface area contributed by atoms with Gasteiger partial charge in [0.1, 0.15) is 0 Å². The Morgan fingerprint density at radius 3 is 2.45 bits per heavy atom. The number of benzene rings is 1. The van der Waals surface area contributed by atoms with Crippen molar-refractivity contribution in [2.75, 3.05) is 7.05 Å². The van der Waals surface area contributed by atoms with Crippen molar-refractivity contribution in [2.24, 2.45) is 7.05 Å². The zero-order chi connectivity index (χ0) is 16.3. The van der Waals surface area contributed by atoms with E-state index in [1.807, 2.05) is 32.4 Å². The lowest BCUT2D eigenvalue weighted by atomic mass is 10.1. The standard InChI is InChI=1S/C15H22N4O2S/c1-11(18-12(2)14-9-17-19(4)10-14)13-6-5-7-15(8-13)22(20,21)16-3/h5-12,16,18H,1-4H3/t11-,12+/m0/s1. The summed E-state index contributed by atoms with van der Waals surface area (Å²) in [7, 11) is -0.131. The van der Waals surface area contributed by atoms with E-state index >= 15 is 0 Å². The predicted molar refractivity (Wildman–Crippen MR) is 85.9 cm³/mol. The van der Waals surface area contributed by atoms with Crippen LogP contribution in [0.1, 0.15) is 37.1 Å². The molecule has 0 spiro atoms. The maximum Gasteiger partial charge on any atom is 0.240 e. The third-order valence-electron chi connectivity index (χ3n) is 3.66. The van der Waals surface area contributed by atoms with Crippen molar-refractivity contribution >= 4 is 10.0 Å². The molecule has 2 N–H and O–H groups in total. The Labute approximate surface area is 131 Å². The molecule has 6 nitrogen and oxygen atoms in total. The maximum atomic E-state index is 11.9. The first-order valence-corrected chi connectivity index (χ1v) is 8.60. The molecule has 2 aromatic rings. The Morgan fingerprint density at radius 1 is 1.18 bits per heavy atom. The molecule has 2 atom stereocenters. The fraction of sp³-hybridized carbons (Fsp3) is 0.400. The summed E-state index contributed by atoms with van der Waals surface area (Å²) in [5.41, 5.74) is 2.01. The molecule has 1 heterocycles. The first-order valence-electron chi connectivity index (χ1n) is 7.11. The smallest absolute Gasteiger partial charge is 0.240 e. The molecule has 7 heteroatoms. The third kappa shape index (κ3) is 3.73. The van der Waals surface area contributed by atoms with E-state index < -0.39 is 10.0 Å². The van der Waals surface area contributed by atoms with Gasteiger partial charge in [-0.15, -0.1) is 0 Å². The van der Waals surface area contributed by atoms with E-state index in [-0.39, 0.29) is 17.0 Å². The van der Waals surface area contributed by atoms with Crippen molar-refractivity contribution in [3.8, 4) is 0 Å². The van der Waals surface area contributed by atoms with Crippen LogP contribution in [0, 0.1) is 0 Å². The van der Waals surface area contributed by atoms with Crippen LogP contribution < -0.4 is 10.0 Å². The highest BCUT2D eigenvalue weighted by Crippen LogP contribution is 2.21. The van der Waals surface area contributed by atoms with Crippen LogP contribution in [0.15, 0.2) is 41.6 Å². The zero-order valence-electron chi connectivity index (χ0n) is 13.2. The van der Waals surface area contributed by atoms with E-state index in [1.165, 1.54) is 7.05 Å². The van der Waals surface area contributed by atoms with Crippen LogP contribution in [0.2, 0.25) is 0 Å². The van der Waals surface area contributed by atoms with Crippen LogP contribution in [0.5, 0.6) is 0 Å². The second-order valence-corrected chi connectivity index (χ2v) is 7.22. The number of aromatic nitrogens is 2. The molecule has 0 aliphatic carbocycles. The fourth-order valence-corrected chi connectivity index (χ4v) is 3.08. The Hall–Kier alpha value is -1.70. The molecule has 2 rings (SSSR count). The molecule has 0 bridgehead atoms. The van der Waals surface area contributed by atoms with Gasteiger partial charge in [0.25, 0.3) is 0 Å². The van der Waals surface area contributed by atoms with Gasteiger partial charge >= 0.3 is 0 Å². The number of rotatable bonds is 6. The molecule has 0 amide bonds. The van der Waals surface area contributed by atoms with Gasteiger partial charge < -0.3 is 5.32 Å². The van der Waals surface area contributed by atoms with Crippen molar-refractivity contribution < 1.29 is 8.42 Å². The molecular weight excluding hydrogens is 300 g/mol. The first-order chi connectivity index (χ1) is 10.3. The van der Waals surface area contributed by atoms with E-state index in [4.69, 9.17) is 0 Å². The summed E-state index contributed by atoms with van der Waals surface area (Å²) < 4.78 is 27.9. The van der Waals surface area contributed by atoms with Gasteiger partial charge in [0.2, 0.25) is 10.0 Å². The quantitative estimate of drug-likeness (QED) is 0.849. The lowest BCUT2D eigenvalue weighted by Crippen LogP contribution is -2.23. The average Bonchev–Trinajstić information content (AvgIpc) is 2.94. The summed E-state index contributed by atoms with van der Waals surface area (Å²) in [6, 6.07) is 7.09. The molecule has 0 radical (unpaired) electrons. The fourth-order valence-electron chi connectivity index (χ4n) is 2.30. The normalized spacial score (nSPS) is 14.7. The van der Waals surface area contributed by atoms with Crippen LogP contribution >= 0.6 is 0 Å². The summed E-state index contributed by atoms with van der Waals surface area (Å²) >= 11 is 0. The lowest BCUT2D eigenvalue weighted by molar-refractivity contribution is 0.493. The van der Waals surface area contributed by atoms with Crippen LogP contribution in [0.25, 0.3) is 0 Å². The average molecular weight is 322 g/mol. The monoisotopic (exact) mass is 322 g/mol. The molecule has 0 aliphatic rings. The van der Waals surface area contributed by atoms with Gasteiger partial charge in [-0.3, -0.25) is 4.68 Å². The maximum absolute atomic E-state index is 11.9. The molecule has 120 valence electrons. The molecule has 1 aromatic heterocycles. The minimum absolute atomic E-state index is 0.0159. The highest BCUT2D eigenvalue weighted by Gasteiger charge is 2.16. The van der Waals surface area contributed by atoms with Crippen molar-refractivity contribution in [1.29, 1.82) is 0 Å². The summed E-state index contributed by atoms with van der Waals surface area (Å²) in [5, 5.41) is 7.62. The Bertz CT molecular complexity index is 740. The number of hydrogen-bond donors (Lipinski definition) is 2. The van der Waals surface area contributed by atoms with E-state index in [1.54, 1.807) is 22.9 Å². The molecule has 1 aromatic carbocycles. The summed E-state index contributed by atoms with van der Waals surface area (Å²) in [4.78, 5) is 0.273. The number of aryl methyl sites for hydroxylation is 1. The van der Waals surface area contributed by atoms with Gasteiger partial charge in [-0.1, -0.05) is 12.1 Å². The van der Waals surface area contributed by atoms with E-state index in [9.17, 15) is 8.42 Å². The molecule has 0 unspecified atom stereocenters. The molecule has 22 heavy (non-hydrogen) atoms. The highest BCUT2D eigenvalue weighted by atomic mass is 32.2. The minimum atomic E-state index is -3.42. The van der Waals surface area contributed by atoms with Gasteiger partial charge in [0, 0.05) is 30.9 Å². The SMILES string of the molecule is CNS(=O)(=O)c1cccc([C@H](C)N[C@H](C)c2cnn(C)c2)c1. The largest absolute Gasteiger partial charge is 0.304 e. The summed E-state index contributed by atoms with van der Waals surface area (Å²) in [5.74, 6) is 0. The number of sulfonamides is 1. The van der Waals surface area contributed by atoms with Crippen LogP contribution in [0.4, 0.5) is 0 Å². The zero-order valence-corrected chi connectivity index (χ0v) is 14.1. The Balaban J connectivity index is 2.16. The van der Waals surface area contributed by atoms with Gasteiger partial charge in [-0.25, -0.2) is 13.1 Å². The molecule has 0 fully saturated rings. The van der Waals surface area contributed by atoms with Crippen LogP contribution in [0.3, 0.4) is 0 Å². The molecule has 0 saturated carbocycles. The van der Waals surface area contributed by atoms with E-state index in [2.05, 4.69) is 22.1 Å². The third-order valence-corrected chi connectivity index (χ3v) is 5.07. The van der Waals surface area contributed by atoms with Gasteiger partial charge in [0.05, 0.1) is 11.1 Å². The second kappa shape index (κ2) is 6.60. The van der Waals surface area contributed by atoms with E-state index in [0.717, 1.165) is 11.1 Å². The Morgan fingerprint density at radius 2 is 1.86 bits per heavy atom. The highest BCUT2D eigenvalue weighted by molar-refractivity contribution is 7.89. The van der Waals surface area contributed by atoms with Crippen LogP contribution in [-0.4, -0.2) is 25.2 Å². The first kappa shape index (κ1) is 16.7. The number of nitrogens with one attached hydrogen (secondary N) is 2. The summed E-state index contributed by atoms with van der Waals surface area (Å²) in [6.07, 6.45) is 3.79. The van der Waals surface area contributed by atoms with Gasteiger partial charge in [-0.05, 0) is 38.6 Å². The van der Waals surface area contributed by atoms with Gasteiger partial charge in [-0.2, -0.15) is 5.10 Å². The molecule has 0 aliphatic heterocycles. The second-order valence-electron chi connectivity index (χ2n) is 5.34. The van der Waals surface area contributed by atoms with Crippen molar-refractivity contribution in [3.63, 3.8) is 0 Å². The number of hydrogen-bond acceptors (Lipinski definition) is 4. The van der Waals surface area contributed by atoms with Crippen LogP contribution in [-0.2, 0) is 17.1 Å². The summed E-state index contributed by atoms with van der Waals surface area (Å²) in [6.45, 7) is 4.07. The predicted octanol–water partition coefficient (Wildman–Crippen LogP) is 1.74. The van der Waals surface area contributed by atoms with Crippen molar-refractivity contribution in [1.82, 2.24) is 19.8 Å². The topological polar surface area (TPSA) is 76.0 Å². The number of nitrogens with zero attached hydrogens (tertiary/aromatic N) is 2. The minimum Gasteiger partial charge on any atom is -0.304 e. The van der Waals surface area contributed by atoms with Gasteiger partial charge in [0.15, 0.2) is 0 Å².